The fourth-order valence-corrected chi connectivity index (χ4v) is 3.42. The SMILES string of the molecule is CO[C@@]1(C(=O)O)C[C@H]2OC(C)(C)O[C@H]2[C@@H]([C@H]2COC(C)(C)O2)O1. The minimum absolute atomic E-state index is 0.0421. The molecule has 3 fully saturated rings. The summed E-state index contributed by atoms with van der Waals surface area (Å²) in [6, 6.07) is 0. The van der Waals surface area contributed by atoms with E-state index >= 15 is 0 Å². The summed E-state index contributed by atoms with van der Waals surface area (Å²) >= 11 is 0. The van der Waals surface area contributed by atoms with Crippen molar-refractivity contribution in [1.82, 2.24) is 0 Å². The average Bonchev–Trinajstić information content (AvgIpc) is 2.94. The van der Waals surface area contributed by atoms with E-state index in [-0.39, 0.29) is 13.0 Å². The van der Waals surface area contributed by atoms with Crippen molar-refractivity contribution in [1.29, 1.82) is 0 Å². The van der Waals surface area contributed by atoms with Crippen LogP contribution in [0.2, 0.25) is 0 Å². The lowest BCUT2D eigenvalue weighted by molar-refractivity contribution is -0.305. The van der Waals surface area contributed by atoms with Crippen LogP contribution in [0.5, 0.6) is 0 Å². The van der Waals surface area contributed by atoms with Crippen LogP contribution < -0.4 is 0 Å². The van der Waals surface area contributed by atoms with E-state index in [1.165, 1.54) is 7.11 Å². The third kappa shape index (κ3) is 2.99. The molecule has 5 atom stereocenters. The van der Waals surface area contributed by atoms with Crippen molar-refractivity contribution >= 4 is 5.97 Å². The number of aliphatic carboxylic acids is 1. The van der Waals surface area contributed by atoms with E-state index in [9.17, 15) is 9.90 Å². The Bertz CT molecular complexity index is 490. The maximum absolute atomic E-state index is 11.7. The van der Waals surface area contributed by atoms with Gasteiger partial charge in [-0.15, -0.1) is 0 Å². The Balaban J connectivity index is 1.90. The van der Waals surface area contributed by atoms with Crippen LogP contribution in [0.3, 0.4) is 0 Å². The molecule has 0 amide bonds. The molecule has 0 aromatic rings. The van der Waals surface area contributed by atoms with E-state index in [4.69, 9.17) is 28.4 Å². The number of carbonyl (C=O) groups is 1. The highest BCUT2D eigenvalue weighted by atomic mass is 16.8. The lowest BCUT2D eigenvalue weighted by Gasteiger charge is -2.43. The van der Waals surface area contributed by atoms with Crippen molar-refractivity contribution < 1.29 is 38.3 Å². The second kappa shape index (κ2) is 5.37. The van der Waals surface area contributed by atoms with E-state index in [1.807, 2.05) is 0 Å². The number of carboxylic acids is 1. The summed E-state index contributed by atoms with van der Waals surface area (Å²) in [5, 5.41) is 9.58. The minimum Gasteiger partial charge on any atom is -0.477 e. The molecule has 3 saturated heterocycles. The van der Waals surface area contributed by atoms with Gasteiger partial charge in [-0.3, -0.25) is 0 Å². The lowest BCUT2D eigenvalue weighted by Crippen LogP contribution is -2.61. The minimum atomic E-state index is -1.79. The van der Waals surface area contributed by atoms with Crippen molar-refractivity contribution in [2.24, 2.45) is 0 Å². The maximum Gasteiger partial charge on any atom is 0.364 e. The third-order valence-electron chi connectivity index (χ3n) is 4.39. The predicted octanol–water partition coefficient (Wildman–Crippen LogP) is 0.874. The molecule has 3 heterocycles. The van der Waals surface area contributed by atoms with Gasteiger partial charge in [0.25, 0.3) is 5.79 Å². The zero-order chi connectivity index (χ0) is 17.0. The first kappa shape index (κ1) is 17.1. The van der Waals surface area contributed by atoms with Crippen molar-refractivity contribution in [3.8, 4) is 0 Å². The van der Waals surface area contributed by atoms with Gasteiger partial charge in [0.05, 0.1) is 12.7 Å². The van der Waals surface area contributed by atoms with Crippen LogP contribution in [-0.2, 0) is 33.2 Å². The summed E-state index contributed by atoms with van der Waals surface area (Å²) in [4.78, 5) is 11.7. The fourth-order valence-electron chi connectivity index (χ4n) is 3.42. The fraction of sp³-hybridized carbons (Fsp3) is 0.933. The standard InChI is InChI=1S/C15H24O8/c1-13(2)19-7-9(21-13)11-10-8(20-14(3,4)22-10)6-15(18-5,23-11)12(16)17/h8-11H,6-7H2,1-5H3,(H,16,17)/t8-,9-,10-,11-,15+/m1/s1. The monoisotopic (exact) mass is 332 g/mol. The van der Waals surface area contributed by atoms with Crippen molar-refractivity contribution in [3.05, 3.63) is 0 Å². The molecule has 0 aliphatic carbocycles. The third-order valence-corrected chi connectivity index (χ3v) is 4.39. The Morgan fingerprint density at radius 3 is 2.13 bits per heavy atom. The van der Waals surface area contributed by atoms with Gasteiger partial charge in [0, 0.05) is 13.5 Å². The summed E-state index contributed by atoms with van der Waals surface area (Å²) in [5.74, 6) is -4.57. The van der Waals surface area contributed by atoms with E-state index in [1.54, 1.807) is 27.7 Å². The van der Waals surface area contributed by atoms with Gasteiger partial charge in [-0.2, -0.15) is 0 Å². The Hall–Kier alpha value is -0.770. The van der Waals surface area contributed by atoms with E-state index in [0.29, 0.717) is 0 Å². The maximum atomic E-state index is 11.7. The summed E-state index contributed by atoms with van der Waals surface area (Å²) in [6.07, 6.45) is -2.01. The van der Waals surface area contributed by atoms with Gasteiger partial charge in [-0.05, 0) is 27.7 Å². The van der Waals surface area contributed by atoms with Crippen molar-refractivity contribution in [2.45, 2.75) is 75.9 Å². The number of fused-ring (bicyclic) bond motifs is 1. The molecule has 0 bridgehead atoms. The molecule has 0 aromatic heterocycles. The highest BCUT2D eigenvalue weighted by Crippen LogP contribution is 2.44. The Morgan fingerprint density at radius 2 is 1.61 bits per heavy atom. The normalized spacial score (nSPS) is 44.9. The first-order valence-corrected chi connectivity index (χ1v) is 7.71. The molecule has 0 aromatic carbocycles. The van der Waals surface area contributed by atoms with Crippen LogP contribution in [0, 0.1) is 0 Å². The molecular formula is C15H24O8. The number of hydrogen-bond acceptors (Lipinski definition) is 7. The summed E-state index contributed by atoms with van der Waals surface area (Å²) in [6.45, 7) is 7.44. The van der Waals surface area contributed by atoms with Gasteiger partial charge >= 0.3 is 5.97 Å². The molecule has 0 radical (unpaired) electrons. The molecular weight excluding hydrogens is 308 g/mol. The van der Waals surface area contributed by atoms with Crippen LogP contribution in [0.25, 0.3) is 0 Å². The Kier molecular flexibility index (Phi) is 3.98. The summed E-state index contributed by atoms with van der Waals surface area (Å²) in [7, 11) is 1.31. The van der Waals surface area contributed by atoms with Gasteiger partial charge in [0.15, 0.2) is 11.6 Å². The van der Waals surface area contributed by atoms with Crippen molar-refractivity contribution in [3.63, 3.8) is 0 Å². The van der Waals surface area contributed by atoms with E-state index < -0.39 is 47.7 Å². The van der Waals surface area contributed by atoms with Gasteiger partial charge in [0.1, 0.15) is 18.3 Å². The molecule has 1 N–H and O–H groups in total. The van der Waals surface area contributed by atoms with Crippen LogP contribution in [0.15, 0.2) is 0 Å². The molecule has 3 rings (SSSR count). The van der Waals surface area contributed by atoms with Crippen LogP contribution in [-0.4, -0.2) is 66.6 Å². The number of ether oxygens (including phenoxy) is 6. The summed E-state index contributed by atoms with van der Waals surface area (Å²) in [5.41, 5.74) is 0. The number of hydrogen-bond donors (Lipinski definition) is 1. The van der Waals surface area contributed by atoms with Gasteiger partial charge < -0.3 is 33.5 Å². The quantitative estimate of drug-likeness (QED) is 0.814. The Morgan fingerprint density at radius 1 is 1.00 bits per heavy atom. The number of methoxy groups -OCH3 is 1. The van der Waals surface area contributed by atoms with Gasteiger partial charge in [0.2, 0.25) is 0 Å². The Labute approximate surface area is 134 Å². The second-order valence-corrected chi connectivity index (χ2v) is 7.05. The van der Waals surface area contributed by atoms with Gasteiger partial charge in [-0.25, -0.2) is 4.79 Å². The number of carboxylic acid groups (broad SMARTS) is 1. The highest BCUT2D eigenvalue weighted by molar-refractivity contribution is 5.76. The van der Waals surface area contributed by atoms with Crippen LogP contribution in [0.4, 0.5) is 0 Å². The molecule has 3 aliphatic rings. The van der Waals surface area contributed by atoms with E-state index in [2.05, 4.69) is 0 Å². The van der Waals surface area contributed by atoms with Crippen LogP contribution >= 0.6 is 0 Å². The first-order valence-electron chi connectivity index (χ1n) is 7.71. The number of rotatable bonds is 3. The molecule has 8 nitrogen and oxygen atoms in total. The highest BCUT2D eigenvalue weighted by Gasteiger charge is 2.61. The second-order valence-electron chi connectivity index (χ2n) is 7.05. The topological polar surface area (TPSA) is 92.7 Å². The molecule has 132 valence electrons. The lowest BCUT2D eigenvalue weighted by atomic mass is 9.92. The molecule has 3 aliphatic heterocycles. The smallest absolute Gasteiger partial charge is 0.364 e. The summed E-state index contributed by atoms with van der Waals surface area (Å²) < 4.78 is 34.3. The molecule has 0 saturated carbocycles. The first-order chi connectivity index (χ1) is 10.6. The molecule has 0 unspecified atom stereocenters. The molecule has 23 heavy (non-hydrogen) atoms. The van der Waals surface area contributed by atoms with Gasteiger partial charge in [-0.1, -0.05) is 0 Å². The zero-order valence-electron chi connectivity index (χ0n) is 14.0. The molecule has 0 spiro atoms. The average molecular weight is 332 g/mol. The molecule has 8 heteroatoms. The van der Waals surface area contributed by atoms with Crippen LogP contribution in [0.1, 0.15) is 34.1 Å². The zero-order valence-corrected chi connectivity index (χ0v) is 14.0. The largest absolute Gasteiger partial charge is 0.477 e. The predicted molar refractivity (Wildman–Crippen MR) is 75.6 cm³/mol. The van der Waals surface area contributed by atoms with E-state index in [0.717, 1.165) is 0 Å². The van der Waals surface area contributed by atoms with Crippen molar-refractivity contribution in [2.75, 3.05) is 13.7 Å².